The summed E-state index contributed by atoms with van der Waals surface area (Å²) in [7, 11) is 0. The number of nitrogens with one attached hydrogen (secondary N) is 1. The van der Waals surface area contributed by atoms with Crippen LogP contribution in [0.1, 0.15) is 58.3 Å². The Hall–Kier alpha value is -2.06. The number of piperidine rings is 1. The summed E-state index contributed by atoms with van der Waals surface area (Å²) in [6, 6.07) is 1.96. The van der Waals surface area contributed by atoms with E-state index in [1.165, 1.54) is 0 Å². The molecule has 2 N–H and O–H groups in total. The van der Waals surface area contributed by atoms with Crippen molar-refractivity contribution in [3.8, 4) is 0 Å². The summed E-state index contributed by atoms with van der Waals surface area (Å²) >= 11 is 6.47. The number of pyridine rings is 1. The number of aromatic nitrogens is 1. The first-order valence-corrected chi connectivity index (χ1v) is 12.1. The Kier molecular flexibility index (Phi) is 7.10. The fourth-order valence-corrected chi connectivity index (χ4v) is 5.54. The van der Waals surface area contributed by atoms with Crippen LogP contribution in [-0.2, 0) is 9.53 Å². The lowest BCUT2D eigenvalue weighted by molar-refractivity contribution is -0.139. The van der Waals surface area contributed by atoms with Gasteiger partial charge in [0.2, 0.25) is 5.91 Å². The fourth-order valence-electron chi connectivity index (χ4n) is 5.26. The van der Waals surface area contributed by atoms with Crippen LogP contribution in [0.3, 0.4) is 0 Å². The number of aliphatic hydroxyl groups is 1. The molecule has 176 valence electrons. The monoisotopic (exact) mass is 464 g/mol. The first-order chi connectivity index (χ1) is 15.4. The summed E-state index contributed by atoms with van der Waals surface area (Å²) in [6.45, 7) is 4.57. The summed E-state index contributed by atoms with van der Waals surface area (Å²) in [6.07, 6.45) is 7.49. The number of hydrogen-bond acceptors (Lipinski definition) is 6. The number of carbonyl (C=O) groups excluding carboxylic acids is 2. The van der Waals surface area contributed by atoms with Gasteiger partial charge in [0.1, 0.15) is 5.82 Å². The number of aliphatic hydroxyl groups excluding tert-OH is 1. The molecule has 1 spiro atoms. The number of likely N-dealkylation sites (tertiary alicyclic amines) is 1. The van der Waals surface area contributed by atoms with Crippen LogP contribution in [0.4, 0.5) is 16.3 Å². The molecule has 0 aromatic carbocycles. The molecule has 32 heavy (non-hydrogen) atoms. The van der Waals surface area contributed by atoms with E-state index in [0.717, 1.165) is 71.0 Å². The van der Waals surface area contributed by atoms with Crippen molar-refractivity contribution in [2.45, 2.75) is 70.4 Å². The molecule has 2 amide bonds. The lowest BCUT2D eigenvalue weighted by Gasteiger charge is -2.40. The molecule has 4 rings (SSSR count). The van der Waals surface area contributed by atoms with E-state index in [1.54, 1.807) is 12.3 Å². The summed E-state index contributed by atoms with van der Waals surface area (Å²) in [5.41, 5.74) is 0.219. The van der Waals surface area contributed by atoms with Gasteiger partial charge in [-0.15, -0.1) is 0 Å². The molecule has 3 heterocycles. The smallest absolute Gasteiger partial charge is 0.411 e. The van der Waals surface area contributed by atoms with E-state index in [0.29, 0.717) is 29.0 Å². The highest BCUT2D eigenvalue weighted by molar-refractivity contribution is 6.33. The highest BCUT2D eigenvalue weighted by atomic mass is 35.5. The zero-order valence-electron chi connectivity index (χ0n) is 18.7. The predicted octanol–water partition coefficient (Wildman–Crippen LogP) is 3.82. The predicted molar refractivity (Wildman–Crippen MR) is 123 cm³/mol. The van der Waals surface area contributed by atoms with Gasteiger partial charge in [0.05, 0.1) is 35.0 Å². The Bertz CT molecular complexity index is 835. The maximum Gasteiger partial charge on any atom is 0.411 e. The normalized spacial score (nSPS) is 25.3. The van der Waals surface area contributed by atoms with Crippen molar-refractivity contribution in [1.29, 1.82) is 0 Å². The van der Waals surface area contributed by atoms with Crippen molar-refractivity contribution in [2.75, 3.05) is 36.5 Å². The average Bonchev–Trinajstić information content (AvgIpc) is 3.09. The van der Waals surface area contributed by atoms with Crippen LogP contribution >= 0.6 is 11.6 Å². The largest absolute Gasteiger partial charge is 0.449 e. The molecule has 9 heteroatoms. The number of hydrogen-bond donors (Lipinski definition) is 2. The molecule has 3 fully saturated rings. The van der Waals surface area contributed by atoms with E-state index in [2.05, 4.69) is 20.1 Å². The summed E-state index contributed by atoms with van der Waals surface area (Å²) in [4.78, 5) is 33.8. The lowest BCUT2D eigenvalue weighted by atomic mass is 9.77. The van der Waals surface area contributed by atoms with E-state index < -0.39 is 6.09 Å². The number of rotatable bonds is 5. The molecular weight excluding hydrogens is 432 g/mol. The minimum atomic E-state index is -0.519. The maximum absolute atomic E-state index is 13.3. The number of carbonyl (C=O) groups is 2. The quantitative estimate of drug-likeness (QED) is 0.687. The van der Waals surface area contributed by atoms with Crippen LogP contribution in [0, 0.1) is 5.41 Å². The Balaban J connectivity index is 1.34. The molecule has 1 aromatic rings. The van der Waals surface area contributed by atoms with Crippen molar-refractivity contribution < 1.29 is 19.4 Å². The van der Waals surface area contributed by atoms with Gasteiger partial charge in [-0.25, -0.2) is 9.78 Å². The number of anilines is 2. The van der Waals surface area contributed by atoms with Gasteiger partial charge < -0.3 is 19.6 Å². The standard InChI is InChI=1S/C23H33ClN4O4/c1-2-13-32-22(31)26-16-14-19(24)20(25-15-16)27-10-7-23(8-11-27)9-12-28(21(23)30)17-3-5-18(29)6-4-17/h14-15,17-18,29H,2-13H2,1H3,(H,26,31)/t17-,18+. The molecule has 1 aliphatic carbocycles. The van der Waals surface area contributed by atoms with Gasteiger partial charge >= 0.3 is 6.09 Å². The lowest BCUT2D eigenvalue weighted by Crippen LogP contribution is -2.47. The molecule has 2 saturated heterocycles. The minimum Gasteiger partial charge on any atom is -0.449 e. The Morgan fingerprint density at radius 3 is 2.59 bits per heavy atom. The summed E-state index contributed by atoms with van der Waals surface area (Å²) in [5, 5.41) is 12.9. The van der Waals surface area contributed by atoms with Crippen LogP contribution < -0.4 is 10.2 Å². The molecule has 1 aromatic heterocycles. The maximum atomic E-state index is 13.3. The van der Waals surface area contributed by atoms with Crippen LogP contribution in [0.5, 0.6) is 0 Å². The van der Waals surface area contributed by atoms with Gasteiger partial charge in [-0.05, 0) is 57.4 Å². The Labute approximate surface area is 194 Å². The average molecular weight is 465 g/mol. The highest BCUT2D eigenvalue weighted by Crippen LogP contribution is 2.44. The highest BCUT2D eigenvalue weighted by Gasteiger charge is 2.50. The van der Waals surface area contributed by atoms with Crippen molar-refractivity contribution in [1.82, 2.24) is 9.88 Å². The third-order valence-electron chi connectivity index (χ3n) is 7.18. The van der Waals surface area contributed by atoms with Crippen LogP contribution in [-0.4, -0.2) is 65.4 Å². The van der Waals surface area contributed by atoms with Gasteiger partial charge in [0.25, 0.3) is 0 Å². The van der Waals surface area contributed by atoms with E-state index in [9.17, 15) is 14.7 Å². The topological polar surface area (TPSA) is 95.0 Å². The van der Waals surface area contributed by atoms with E-state index in [-0.39, 0.29) is 17.6 Å². The van der Waals surface area contributed by atoms with Gasteiger partial charge in [-0.1, -0.05) is 18.5 Å². The summed E-state index contributed by atoms with van der Waals surface area (Å²) in [5.74, 6) is 0.972. The van der Waals surface area contributed by atoms with E-state index in [1.807, 2.05) is 6.92 Å². The van der Waals surface area contributed by atoms with Gasteiger partial charge in [-0.2, -0.15) is 0 Å². The second kappa shape index (κ2) is 9.83. The van der Waals surface area contributed by atoms with Gasteiger partial charge in [0.15, 0.2) is 0 Å². The third-order valence-corrected chi connectivity index (χ3v) is 7.46. The molecule has 1 saturated carbocycles. The molecule has 8 nitrogen and oxygen atoms in total. The van der Waals surface area contributed by atoms with Crippen LogP contribution in [0.15, 0.2) is 12.3 Å². The molecule has 0 radical (unpaired) electrons. The summed E-state index contributed by atoms with van der Waals surface area (Å²) < 4.78 is 5.02. The fraction of sp³-hybridized carbons (Fsp3) is 0.696. The second-order valence-electron chi connectivity index (χ2n) is 9.27. The first-order valence-electron chi connectivity index (χ1n) is 11.8. The zero-order chi connectivity index (χ0) is 22.7. The Morgan fingerprint density at radius 1 is 1.25 bits per heavy atom. The molecular formula is C23H33ClN4O4. The second-order valence-corrected chi connectivity index (χ2v) is 9.68. The van der Waals surface area contributed by atoms with Gasteiger partial charge in [0, 0.05) is 25.7 Å². The van der Waals surface area contributed by atoms with Gasteiger partial charge in [-0.3, -0.25) is 10.1 Å². The molecule has 2 aliphatic heterocycles. The molecule has 0 atom stereocenters. The van der Waals surface area contributed by atoms with Crippen LogP contribution in [0.25, 0.3) is 0 Å². The van der Waals surface area contributed by atoms with Crippen molar-refractivity contribution in [2.24, 2.45) is 5.41 Å². The third kappa shape index (κ3) is 4.81. The minimum absolute atomic E-state index is 0.207. The zero-order valence-corrected chi connectivity index (χ0v) is 19.4. The molecule has 0 unspecified atom stereocenters. The number of halogens is 1. The van der Waals surface area contributed by atoms with E-state index >= 15 is 0 Å². The molecule has 0 bridgehead atoms. The van der Waals surface area contributed by atoms with Crippen molar-refractivity contribution in [3.63, 3.8) is 0 Å². The Morgan fingerprint density at radius 2 is 1.94 bits per heavy atom. The molecule has 3 aliphatic rings. The number of amides is 2. The first kappa shape index (κ1) is 23.1. The van der Waals surface area contributed by atoms with E-state index in [4.69, 9.17) is 16.3 Å². The number of ether oxygens (including phenoxy) is 1. The van der Waals surface area contributed by atoms with Crippen molar-refractivity contribution >= 4 is 35.1 Å². The SMILES string of the molecule is CCCOC(=O)Nc1cnc(N2CCC3(CC2)CCN([C@H]2CC[C@@H](O)CC2)C3=O)c(Cl)c1. The number of nitrogens with zero attached hydrogens (tertiary/aromatic N) is 3. The van der Waals surface area contributed by atoms with Crippen molar-refractivity contribution in [3.05, 3.63) is 17.3 Å². The van der Waals surface area contributed by atoms with Crippen LogP contribution in [0.2, 0.25) is 5.02 Å².